The molecule has 0 unspecified atom stereocenters. The number of aryl methyl sites for hydroxylation is 2. The number of hydrogen-bond donors (Lipinski definition) is 2. The Morgan fingerprint density at radius 2 is 1.95 bits per heavy atom. The molecule has 1 amide bonds. The van der Waals surface area contributed by atoms with Gasteiger partial charge in [-0.2, -0.15) is 5.10 Å². The minimum atomic E-state index is -0.122. The van der Waals surface area contributed by atoms with Gasteiger partial charge >= 0.3 is 0 Å². The number of carbonyl (C=O) groups is 1. The van der Waals surface area contributed by atoms with Gasteiger partial charge in [-0.05, 0) is 44.5 Å². The molecule has 106 valence electrons. The van der Waals surface area contributed by atoms with Crippen LogP contribution >= 0.6 is 0 Å². The van der Waals surface area contributed by atoms with Crippen LogP contribution < -0.4 is 11.1 Å². The fourth-order valence-electron chi connectivity index (χ4n) is 2.13. The van der Waals surface area contributed by atoms with Gasteiger partial charge in [-0.1, -0.05) is 12.1 Å². The van der Waals surface area contributed by atoms with Gasteiger partial charge < -0.3 is 11.1 Å². The molecule has 0 aliphatic carbocycles. The van der Waals surface area contributed by atoms with Crippen molar-refractivity contribution < 1.29 is 4.79 Å². The molecule has 0 fully saturated rings. The molecular weight excluding hydrogens is 252 g/mol. The molecule has 0 saturated carbocycles. The second-order valence-electron chi connectivity index (χ2n) is 4.86. The van der Waals surface area contributed by atoms with Crippen LogP contribution in [0.5, 0.6) is 0 Å². The first-order chi connectivity index (χ1) is 9.52. The number of benzene rings is 1. The minimum Gasteiger partial charge on any atom is -0.330 e. The van der Waals surface area contributed by atoms with Crippen molar-refractivity contribution in [1.29, 1.82) is 0 Å². The summed E-state index contributed by atoms with van der Waals surface area (Å²) >= 11 is 0. The minimum absolute atomic E-state index is 0.122. The Bertz CT molecular complexity index is 614. The number of nitrogens with one attached hydrogen (secondary N) is 1. The highest BCUT2D eigenvalue weighted by molar-refractivity contribution is 6.04. The van der Waals surface area contributed by atoms with Crippen LogP contribution in [0.4, 0.5) is 5.69 Å². The molecule has 1 aromatic carbocycles. The first-order valence-corrected chi connectivity index (χ1v) is 6.63. The summed E-state index contributed by atoms with van der Waals surface area (Å²) in [4.78, 5) is 12.2. The fraction of sp³-hybridized carbons (Fsp3) is 0.333. The van der Waals surface area contributed by atoms with E-state index in [0.717, 1.165) is 29.1 Å². The maximum Gasteiger partial charge on any atom is 0.255 e. The Morgan fingerprint density at radius 3 is 2.45 bits per heavy atom. The van der Waals surface area contributed by atoms with Crippen molar-refractivity contribution in [3.05, 3.63) is 46.8 Å². The van der Waals surface area contributed by atoms with E-state index in [2.05, 4.69) is 10.4 Å². The number of rotatable bonds is 4. The van der Waals surface area contributed by atoms with Crippen molar-refractivity contribution in [3.8, 4) is 0 Å². The van der Waals surface area contributed by atoms with Crippen molar-refractivity contribution in [1.82, 2.24) is 9.78 Å². The number of hydrogen-bond acceptors (Lipinski definition) is 3. The molecule has 2 rings (SSSR count). The van der Waals surface area contributed by atoms with Gasteiger partial charge in [0, 0.05) is 12.6 Å². The van der Waals surface area contributed by atoms with Gasteiger partial charge in [0.25, 0.3) is 5.91 Å². The molecule has 0 atom stereocenters. The maximum atomic E-state index is 12.2. The van der Waals surface area contributed by atoms with Gasteiger partial charge in [0.15, 0.2) is 0 Å². The maximum absolute atomic E-state index is 12.2. The van der Waals surface area contributed by atoms with Crippen molar-refractivity contribution in [2.75, 3.05) is 11.9 Å². The SMILES string of the molecule is Cc1nn(C)c(C)c1NC(=O)c1ccc(CCN)cc1. The molecule has 5 nitrogen and oxygen atoms in total. The summed E-state index contributed by atoms with van der Waals surface area (Å²) in [6.07, 6.45) is 0.822. The van der Waals surface area contributed by atoms with Crippen molar-refractivity contribution in [2.45, 2.75) is 20.3 Å². The lowest BCUT2D eigenvalue weighted by atomic mass is 10.1. The van der Waals surface area contributed by atoms with Gasteiger partial charge in [0.1, 0.15) is 0 Å². The lowest BCUT2D eigenvalue weighted by Crippen LogP contribution is -2.13. The highest BCUT2D eigenvalue weighted by Gasteiger charge is 2.13. The van der Waals surface area contributed by atoms with Crippen LogP contribution in [0.1, 0.15) is 27.3 Å². The quantitative estimate of drug-likeness (QED) is 0.891. The zero-order chi connectivity index (χ0) is 14.7. The Hall–Kier alpha value is -2.14. The fourth-order valence-corrected chi connectivity index (χ4v) is 2.13. The van der Waals surface area contributed by atoms with Crippen LogP contribution in [-0.2, 0) is 13.5 Å². The van der Waals surface area contributed by atoms with E-state index in [4.69, 9.17) is 5.73 Å². The summed E-state index contributed by atoms with van der Waals surface area (Å²) in [5, 5.41) is 7.20. The highest BCUT2D eigenvalue weighted by Crippen LogP contribution is 2.19. The third-order valence-corrected chi connectivity index (χ3v) is 3.40. The average Bonchev–Trinajstić information content (AvgIpc) is 2.66. The predicted molar refractivity (Wildman–Crippen MR) is 79.8 cm³/mol. The molecule has 0 spiro atoms. The molecule has 0 saturated heterocycles. The first kappa shape index (κ1) is 14.3. The molecule has 0 radical (unpaired) electrons. The Morgan fingerprint density at radius 1 is 1.30 bits per heavy atom. The van der Waals surface area contributed by atoms with E-state index in [1.165, 1.54) is 0 Å². The van der Waals surface area contributed by atoms with Crippen LogP contribution in [0.15, 0.2) is 24.3 Å². The summed E-state index contributed by atoms with van der Waals surface area (Å²) in [7, 11) is 1.86. The smallest absolute Gasteiger partial charge is 0.255 e. The van der Waals surface area contributed by atoms with E-state index in [1.807, 2.05) is 45.2 Å². The lowest BCUT2D eigenvalue weighted by Gasteiger charge is -2.06. The largest absolute Gasteiger partial charge is 0.330 e. The molecule has 20 heavy (non-hydrogen) atoms. The zero-order valence-electron chi connectivity index (χ0n) is 12.1. The Labute approximate surface area is 118 Å². The third-order valence-electron chi connectivity index (χ3n) is 3.40. The summed E-state index contributed by atoms with van der Waals surface area (Å²) in [6.45, 7) is 4.42. The number of aromatic nitrogens is 2. The third kappa shape index (κ3) is 2.88. The highest BCUT2D eigenvalue weighted by atomic mass is 16.1. The van der Waals surface area contributed by atoms with E-state index >= 15 is 0 Å². The molecule has 0 bridgehead atoms. The van der Waals surface area contributed by atoms with E-state index in [1.54, 1.807) is 4.68 Å². The van der Waals surface area contributed by atoms with Crippen LogP contribution in [0.25, 0.3) is 0 Å². The standard InChI is InChI=1S/C15H20N4O/c1-10-14(11(2)19(3)18-10)17-15(20)13-6-4-12(5-7-13)8-9-16/h4-7H,8-9,16H2,1-3H3,(H,17,20). The number of anilines is 1. The molecule has 0 aliphatic heterocycles. The topological polar surface area (TPSA) is 72.9 Å². The van der Waals surface area contributed by atoms with E-state index < -0.39 is 0 Å². The van der Waals surface area contributed by atoms with Crippen molar-refractivity contribution in [2.24, 2.45) is 12.8 Å². The van der Waals surface area contributed by atoms with Gasteiger partial charge in [-0.15, -0.1) is 0 Å². The molecule has 0 aliphatic rings. The van der Waals surface area contributed by atoms with Gasteiger partial charge in [-0.25, -0.2) is 0 Å². The number of amides is 1. The molecular formula is C15H20N4O. The van der Waals surface area contributed by atoms with Crippen LogP contribution in [0.2, 0.25) is 0 Å². The Kier molecular flexibility index (Phi) is 4.20. The zero-order valence-corrected chi connectivity index (χ0v) is 12.1. The van der Waals surface area contributed by atoms with E-state index in [-0.39, 0.29) is 5.91 Å². The van der Waals surface area contributed by atoms with Crippen molar-refractivity contribution in [3.63, 3.8) is 0 Å². The molecule has 1 aromatic heterocycles. The van der Waals surface area contributed by atoms with Gasteiger partial charge in [-0.3, -0.25) is 9.48 Å². The van der Waals surface area contributed by atoms with Crippen LogP contribution in [0.3, 0.4) is 0 Å². The molecule has 5 heteroatoms. The average molecular weight is 272 g/mol. The van der Waals surface area contributed by atoms with E-state index in [9.17, 15) is 4.79 Å². The van der Waals surface area contributed by atoms with Gasteiger partial charge in [0.05, 0.1) is 17.1 Å². The van der Waals surface area contributed by atoms with Crippen molar-refractivity contribution >= 4 is 11.6 Å². The molecule has 2 aromatic rings. The number of nitrogens with zero attached hydrogens (tertiary/aromatic N) is 2. The summed E-state index contributed by atoms with van der Waals surface area (Å²) < 4.78 is 1.76. The van der Waals surface area contributed by atoms with Crippen LogP contribution in [0, 0.1) is 13.8 Å². The van der Waals surface area contributed by atoms with E-state index in [0.29, 0.717) is 12.1 Å². The number of carbonyl (C=O) groups excluding carboxylic acids is 1. The molecule has 3 N–H and O–H groups in total. The van der Waals surface area contributed by atoms with Gasteiger partial charge in [0.2, 0.25) is 0 Å². The molecule has 1 heterocycles. The predicted octanol–water partition coefficient (Wildman–Crippen LogP) is 1.79. The second kappa shape index (κ2) is 5.88. The summed E-state index contributed by atoms with van der Waals surface area (Å²) in [5.74, 6) is -0.122. The second-order valence-corrected chi connectivity index (χ2v) is 4.86. The summed E-state index contributed by atoms with van der Waals surface area (Å²) in [5.41, 5.74) is 9.82. The first-order valence-electron chi connectivity index (χ1n) is 6.63. The summed E-state index contributed by atoms with van der Waals surface area (Å²) in [6, 6.07) is 7.51. The Balaban J connectivity index is 2.15. The number of nitrogens with two attached hydrogens (primary N) is 1. The monoisotopic (exact) mass is 272 g/mol. The van der Waals surface area contributed by atoms with Crippen LogP contribution in [-0.4, -0.2) is 22.2 Å². The normalized spacial score (nSPS) is 10.6. The lowest BCUT2D eigenvalue weighted by molar-refractivity contribution is 0.102.